The van der Waals surface area contributed by atoms with Crippen LogP contribution in [0.5, 0.6) is 0 Å². The Hall–Kier alpha value is -1.10. The standard InChI is InChI=1S/C26H40O9/c1-13-10-16-14-11-18(27)17-12-25(34-8-9-35-25)7-6-23(17,2)15(14)4-5-24(16,3)26(13,33)21(30)19(28)20(29)22(31)32/h13-20,27-29,33H,4-12H2,1-3H3,(H,31,32)/t13-,14-,15+,16+,17-,18+,19?,20?,23-,24+,26+/m1/s1. The van der Waals surface area contributed by atoms with Gasteiger partial charge in [-0.2, -0.15) is 0 Å². The van der Waals surface area contributed by atoms with Crippen molar-refractivity contribution < 1.29 is 44.6 Å². The zero-order valence-corrected chi connectivity index (χ0v) is 20.9. The highest BCUT2D eigenvalue weighted by Crippen LogP contribution is 2.70. The second-order valence-corrected chi connectivity index (χ2v) is 12.6. The van der Waals surface area contributed by atoms with E-state index in [2.05, 4.69) is 6.92 Å². The molecule has 0 aromatic rings. The minimum Gasteiger partial charge on any atom is -0.479 e. The van der Waals surface area contributed by atoms with Crippen molar-refractivity contribution >= 4 is 11.8 Å². The lowest BCUT2D eigenvalue weighted by atomic mass is 9.43. The van der Waals surface area contributed by atoms with Crippen molar-refractivity contribution in [1.82, 2.24) is 0 Å². The molecule has 0 amide bonds. The summed E-state index contributed by atoms with van der Waals surface area (Å²) in [6, 6.07) is 0. The van der Waals surface area contributed by atoms with E-state index in [0.717, 1.165) is 19.3 Å². The predicted molar refractivity (Wildman–Crippen MR) is 122 cm³/mol. The second-order valence-electron chi connectivity index (χ2n) is 12.6. The maximum atomic E-state index is 13.3. The normalized spacial score (nSPS) is 50.1. The number of aliphatic hydroxyl groups excluding tert-OH is 3. The molecule has 1 saturated heterocycles. The summed E-state index contributed by atoms with van der Waals surface area (Å²) in [5.41, 5.74) is -2.96. The summed E-state index contributed by atoms with van der Waals surface area (Å²) in [6.07, 6.45) is -0.267. The molecule has 4 saturated carbocycles. The van der Waals surface area contributed by atoms with Crippen LogP contribution in [0, 0.1) is 40.4 Å². The van der Waals surface area contributed by atoms with Crippen molar-refractivity contribution in [2.45, 2.75) is 95.4 Å². The number of fused-ring (bicyclic) bond motifs is 5. The first kappa shape index (κ1) is 25.5. The number of aliphatic hydroxyl groups is 4. The molecule has 35 heavy (non-hydrogen) atoms. The first-order chi connectivity index (χ1) is 16.3. The van der Waals surface area contributed by atoms with Crippen LogP contribution in [0.3, 0.4) is 0 Å². The van der Waals surface area contributed by atoms with E-state index < -0.39 is 52.8 Å². The first-order valence-corrected chi connectivity index (χ1v) is 13.1. The summed E-state index contributed by atoms with van der Waals surface area (Å²) in [6.45, 7) is 7.06. The van der Waals surface area contributed by atoms with Gasteiger partial charge in [-0.3, -0.25) is 4.79 Å². The molecule has 5 aliphatic rings. The topological polar surface area (TPSA) is 154 Å². The third-order valence-electron chi connectivity index (χ3n) is 11.3. The Kier molecular flexibility index (Phi) is 5.98. The lowest BCUT2D eigenvalue weighted by Gasteiger charge is -2.63. The molecule has 1 spiro atoms. The number of ether oxygens (including phenoxy) is 2. The van der Waals surface area contributed by atoms with Gasteiger partial charge in [0.1, 0.15) is 5.60 Å². The minimum absolute atomic E-state index is 0.0480. The average molecular weight is 497 g/mol. The molecule has 5 rings (SSSR count). The summed E-state index contributed by atoms with van der Waals surface area (Å²) >= 11 is 0. The molecule has 4 aliphatic carbocycles. The Morgan fingerprint density at radius 1 is 0.943 bits per heavy atom. The minimum atomic E-state index is -2.29. The largest absolute Gasteiger partial charge is 0.479 e. The van der Waals surface area contributed by atoms with E-state index in [0.29, 0.717) is 44.8 Å². The van der Waals surface area contributed by atoms with Crippen LogP contribution < -0.4 is 0 Å². The molecular weight excluding hydrogens is 456 g/mol. The van der Waals surface area contributed by atoms with Crippen LogP contribution in [-0.2, 0) is 19.1 Å². The Morgan fingerprint density at radius 3 is 2.23 bits per heavy atom. The SMILES string of the molecule is C[C@@H]1C[C@H]2[C@@H]3C[C@H](O)[C@H]4CC5(CC[C@]4(C)[C@H]3CC[C@]2(C)[C@@]1(O)C(=O)C(O)C(O)C(=O)O)OCCO5. The third-order valence-corrected chi connectivity index (χ3v) is 11.3. The highest BCUT2D eigenvalue weighted by atomic mass is 16.7. The van der Waals surface area contributed by atoms with Crippen LogP contribution >= 0.6 is 0 Å². The van der Waals surface area contributed by atoms with Gasteiger partial charge < -0.3 is 35.0 Å². The number of rotatable bonds is 4. The van der Waals surface area contributed by atoms with Gasteiger partial charge in [0.2, 0.25) is 0 Å². The molecule has 1 heterocycles. The van der Waals surface area contributed by atoms with Gasteiger partial charge in [-0.15, -0.1) is 0 Å². The van der Waals surface area contributed by atoms with Crippen molar-refractivity contribution in [3.63, 3.8) is 0 Å². The van der Waals surface area contributed by atoms with Gasteiger partial charge in [-0.05, 0) is 67.1 Å². The maximum Gasteiger partial charge on any atom is 0.335 e. The van der Waals surface area contributed by atoms with Crippen LogP contribution in [-0.4, -0.2) is 80.2 Å². The van der Waals surface area contributed by atoms with E-state index in [1.54, 1.807) is 6.92 Å². The van der Waals surface area contributed by atoms with Gasteiger partial charge in [0.15, 0.2) is 23.8 Å². The summed E-state index contributed by atoms with van der Waals surface area (Å²) in [5, 5.41) is 52.6. The molecule has 5 fully saturated rings. The van der Waals surface area contributed by atoms with E-state index in [9.17, 15) is 30.0 Å². The van der Waals surface area contributed by atoms with Crippen LogP contribution in [0.4, 0.5) is 0 Å². The van der Waals surface area contributed by atoms with Gasteiger partial charge in [-0.25, -0.2) is 4.79 Å². The number of ketones is 1. The Bertz CT molecular complexity index is 886. The molecule has 1 aliphatic heterocycles. The van der Waals surface area contributed by atoms with E-state index >= 15 is 0 Å². The van der Waals surface area contributed by atoms with Gasteiger partial charge in [0.05, 0.1) is 19.3 Å². The Morgan fingerprint density at radius 2 is 1.60 bits per heavy atom. The highest BCUT2D eigenvalue weighted by molar-refractivity contribution is 5.96. The van der Waals surface area contributed by atoms with Crippen molar-refractivity contribution in [3.05, 3.63) is 0 Å². The molecule has 5 N–H and O–H groups in total. The molecule has 0 aromatic carbocycles. The summed E-state index contributed by atoms with van der Waals surface area (Å²) in [5.74, 6) is -3.44. The maximum absolute atomic E-state index is 13.3. The Labute approximate surface area is 205 Å². The number of carbonyl (C=O) groups is 2. The van der Waals surface area contributed by atoms with E-state index in [1.165, 1.54) is 0 Å². The second kappa shape index (κ2) is 8.20. The third kappa shape index (κ3) is 3.35. The van der Waals surface area contributed by atoms with Gasteiger partial charge in [0.25, 0.3) is 0 Å². The Balaban J connectivity index is 1.44. The highest BCUT2D eigenvalue weighted by Gasteiger charge is 2.71. The van der Waals surface area contributed by atoms with Crippen LogP contribution in [0.1, 0.15) is 65.7 Å². The molecule has 2 unspecified atom stereocenters. The molecule has 198 valence electrons. The van der Waals surface area contributed by atoms with Crippen molar-refractivity contribution in [1.29, 1.82) is 0 Å². The average Bonchev–Trinajstić information content (AvgIpc) is 3.35. The zero-order valence-electron chi connectivity index (χ0n) is 20.9. The molecule has 9 heteroatoms. The number of aliphatic carboxylic acids is 1. The summed E-state index contributed by atoms with van der Waals surface area (Å²) in [7, 11) is 0. The van der Waals surface area contributed by atoms with Crippen molar-refractivity contribution in [2.24, 2.45) is 40.4 Å². The number of Topliss-reactive ketones (excluding diaryl/α,β-unsaturated/α-hetero) is 1. The van der Waals surface area contributed by atoms with Gasteiger partial charge in [-0.1, -0.05) is 20.8 Å². The van der Waals surface area contributed by atoms with Gasteiger partial charge in [0, 0.05) is 18.3 Å². The molecule has 0 aromatic heterocycles. The molecular formula is C26H40O9. The lowest BCUT2D eigenvalue weighted by molar-refractivity contribution is -0.251. The molecule has 11 atom stereocenters. The molecule has 0 radical (unpaired) electrons. The van der Waals surface area contributed by atoms with Gasteiger partial charge >= 0.3 is 5.97 Å². The van der Waals surface area contributed by atoms with Crippen molar-refractivity contribution in [2.75, 3.05) is 13.2 Å². The predicted octanol–water partition coefficient (Wildman–Crippen LogP) is 1.10. The van der Waals surface area contributed by atoms with Crippen LogP contribution in [0.15, 0.2) is 0 Å². The fourth-order valence-corrected chi connectivity index (χ4v) is 9.36. The van der Waals surface area contributed by atoms with E-state index in [-0.39, 0.29) is 23.2 Å². The fraction of sp³-hybridized carbons (Fsp3) is 0.923. The fourth-order valence-electron chi connectivity index (χ4n) is 9.36. The number of carbonyl (C=O) groups excluding carboxylic acids is 1. The van der Waals surface area contributed by atoms with Crippen molar-refractivity contribution in [3.8, 4) is 0 Å². The van der Waals surface area contributed by atoms with E-state index in [1.807, 2.05) is 6.92 Å². The monoisotopic (exact) mass is 496 g/mol. The first-order valence-electron chi connectivity index (χ1n) is 13.1. The number of carboxylic acids is 1. The number of hydrogen-bond donors (Lipinski definition) is 5. The molecule has 0 bridgehead atoms. The number of carboxylic acid groups (broad SMARTS) is 1. The van der Waals surface area contributed by atoms with E-state index in [4.69, 9.17) is 14.6 Å². The summed E-state index contributed by atoms with van der Waals surface area (Å²) in [4.78, 5) is 24.5. The quantitative estimate of drug-likeness (QED) is 0.385. The van der Waals surface area contributed by atoms with Crippen LogP contribution in [0.2, 0.25) is 0 Å². The van der Waals surface area contributed by atoms with Crippen LogP contribution in [0.25, 0.3) is 0 Å². The summed E-state index contributed by atoms with van der Waals surface area (Å²) < 4.78 is 12.0. The molecule has 9 nitrogen and oxygen atoms in total. The smallest absolute Gasteiger partial charge is 0.335 e. The lowest BCUT2D eigenvalue weighted by Crippen LogP contribution is -2.64. The zero-order chi connectivity index (χ0) is 25.6. The number of hydrogen-bond acceptors (Lipinski definition) is 8.